The molecule has 1 unspecified atom stereocenters. The van der Waals surface area contributed by atoms with Crippen LogP contribution in [0.3, 0.4) is 0 Å². The van der Waals surface area contributed by atoms with Crippen LogP contribution < -0.4 is 115 Å². The van der Waals surface area contributed by atoms with Gasteiger partial charge in [-0.05, 0) is 0 Å². The molecule has 1 aliphatic heterocycles. The number of aromatic nitrogens is 2. The van der Waals surface area contributed by atoms with E-state index in [1.54, 1.807) is 0 Å². The monoisotopic (exact) mass is 454 g/mol. The molecule has 1 saturated heterocycles. The van der Waals surface area contributed by atoms with Crippen molar-refractivity contribution in [2.75, 3.05) is 6.61 Å². The number of rotatable bonds is 6. The van der Waals surface area contributed by atoms with Gasteiger partial charge in [0, 0.05) is 18.7 Å². The molecule has 27 heavy (non-hydrogen) atoms. The Morgan fingerprint density at radius 2 is 1.85 bits per heavy atom. The number of aliphatic hydroxyl groups excluding tert-OH is 1. The average Bonchev–Trinajstić information content (AvgIpc) is 2.75. The molecule has 136 valence electrons. The number of hydrogen-bond donors (Lipinski definition) is 2. The number of hydrogen-bond acceptors (Lipinski definition) is 11. The Morgan fingerprint density at radius 1 is 1.26 bits per heavy atom. The van der Waals surface area contributed by atoms with E-state index in [9.17, 15) is 38.5 Å². The van der Waals surface area contributed by atoms with E-state index in [1.165, 1.54) is 0 Å². The van der Waals surface area contributed by atoms with E-state index < -0.39 is 51.9 Å². The van der Waals surface area contributed by atoms with Crippen molar-refractivity contribution in [2.45, 2.75) is 24.9 Å². The molecule has 0 spiro atoms. The van der Waals surface area contributed by atoms with E-state index in [0.717, 1.165) is 16.8 Å². The first kappa shape index (κ1) is 31.0. The van der Waals surface area contributed by atoms with Crippen molar-refractivity contribution in [3.05, 3.63) is 33.1 Å². The number of phosphoric ester groups is 1. The Balaban J connectivity index is 0. The van der Waals surface area contributed by atoms with E-state index >= 15 is 0 Å². The molecule has 2 N–H and O–H groups in total. The first-order chi connectivity index (χ1) is 11.0. The predicted molar refractivity (Wildman–Crippen MR) is 68.1 cm³/mol. The summed E-state index contributed by atoms with van der Waals surface area (Å²) in [5.41, 5.74) is -1.45. The van der Waals surface area contributed by atoms with Gasteiger partial charge in [0.15, 0.2) is 0 Å². The van der Waals surface area contributed by atoms with Crippen LogP contribution in [0.5, 0.6) is 0 Å². The molecular formula is C9H11N2Na3O11P2. The molecule has 0 bridgehead atoms. The van der Waals surface area contributed by atoms with Crippen LogP contribution >= 0.6 is 15.6 Å². The summed E-state index contributed by atoms with van der Waals surface area (Å²) in [6.07, 6.45) is -2.55. The van der Waals surface area contributed by atoms with E-state index in [4.69, 9.17) is 4.74 Å². The Hall–Kier alpha value is 1.86. The zero-order valence-electron chi connectivity index (χ0n) is 14.7. The summed E-state index contributed by atoms with van der Waals surface area (Å²) in [6, 6.07) is 1.04. The van der Waals surface area contributed by atoms with E-state index in [1.807, 2.05) is 4.98 Å². The van der Waals surface area contributed by atoms with Gasteiger partial charge in [-0.3, -0.25) is 23.2 Å². The minimum absolute atomic E-state index is 0. The van der Waals surface area contributed by atoms with Crippen LogP contribution in [0.25, 0.3) is 0 Å². The molecular weight excluding hydrogens is 443 g/mol. The van der Waals surface area contributed by atoms with Gasteiger partial charge in [0.05, 0.1) is 20.5 Å². The number of nitrogens with zero attached hydrogens (tertiary/aromatic N) is 1. The molecule has 0 radical (unpaired) electrons. The molecule has 1 fully saturated rings. The fourth-order valence-electron chi connectivity index (χ4n) is 2.00. The molecule has 2 rings (SSSR count). The summed E-state index contributed by atoms with van der Waals surface area (Å²) in [5, 5.41) is 9.79. The maximum Gasteiger partial charge on any atom is 1.00 e. The minimum atomic E-state index is -5.82. The van der Waals surface area contributed by atoms with Gasteiger partial charge >= 0.3 is 94.4 Å². The Kier molecular flexibility index (Phi) is 14.5. The van der Waals surface area contributed by atoms with Gasteiger partial charge in [0.1, 0.15) is 12.3 Å². The third kappa shape index (κ3) is 10.1. The third-order valence-corrected chi connectivity index (χ3v) is 5.03. The van der Waals surface area contributed by atoms with Gasteiger partial charge in [0.2, 0.25) is 0 Å². The van der Waals surface area contributed by atoms with Crippen molar-refractivity contribution in [3.8, 4) is 0 Å². The Labute approximate surface area is 218 Å². The molecule has 0 aliphatic carbocycles. The molecule has 0 saturated carbocycles. The van der Waals surface area contributed by atoms with Gasteiger partial charge in [-0.15, -0.1) is 0 Å². The smallest absolute Gasteiger partial charge is 0.790 e. The molecule has 1 aliphatic rings. The summed E-state index contributed by atoms with van der Waals surface area (Å²) in [7, 11) is -11.3. The second-order valence-corrected chi connectivity index (χ2v) is 7.42. The van der Waals surface area contributed by atoms with Crippen molar-refractivity contribution in [1.82, 2.24) is 9.55 Å². The summed E-state index contributed by atoms with van der Waals surface area (Å²) in [6.45, 7) is -0.851. The maximum absolute atomic E-state index is 11.6. The predicted octanol–water partition coefficient (Wildman–Crippen LogP) is -12.5. The van der Waals surface area contributed by atoms with Gasteiger partial charge in [-0.25, -0.2) is 4.79 Å². The van der Waals surface area contributed by atoms with Gasteiger partial charge < -0.3 is 33.6 Å². The van der Waals surface area contributed by atoms with E-state index in [2.05, 4.69) is 8.83 Å². The molecule has 1 aromatic rings. The van der Waals surface area contributed by atoms with E-state index in [0.29, 0.717) is 0 Å². The summed E-state index contributed by atoms with van der Waals surface area (Å²) < 4.78 is 35.0. The van der Waals surface area contributed by atoms with Crippen molar-refractivity contribution in [1.29, 1.82) is 0 Å². The fraction of sp³-hybridized carbons (Fsp3) is 0.556. The average molecular weight is 454 g/mol. The van der Waals surface area contributed by atoms with Crippen molar-refractivity contribution in [3.63, 3.8) is 0 Å². The number of aliphatic hydroxyl groups is 1. The first-order valence-corrected chi connectivity index (χ1v) is 9.23. The van der Waals surface area contributed by atoms with Gasteiger partial charge in [-0.2, -0.15) is 0 Å². The summed E-state index contributed by atoms with van der Waals surface area (Å²) >= 11 is 0. The normalized spacial score (nSPS) is 24.1. The fourth-order valence-corrected chi connectivity index (χ4v) is 3.50. The SMILES string of the molecule is O=c1ccn([C@H]2C[C@H](O)[C@@H](COP(=O)([O-])OP(=O)([O-])[O-])O2)c(=O)[nH]1.[Na+].[Na+].[Na+]. The van der Waals surface area contributed by atoms with Gasteiger partial charge in [0.25, 0.3) is 13.4 Å². The quantitative estimate of drug-likeness (QED) is 0.305. The zero-order chi connectivity index (χ0) is 18.1. The first-order valence-electron chi connectivity index (χ1n) is 6.31. The zero-order valence-corrected chi connectivity index (χ0v) is 22.5. The Bertz CT molecular complexity index is 811. The molecule has 18 heteroatoms. The van der Waals surface area contributed by atoms with Crippen LogP contribution in [0.2, 0.25) is 0 Å². The minimum Gasteiger partial charge on any atom is -0.790 e. The number of ether oxygens (including phenoxy) is 1. The number of phosphoric acid groups is 2. The molecule has 13 nitrogen and oxygen atoms in total. The second-order valence-electron chi connectivity index (χ2n) is 4.72. The molecule has 4 atom stereocenters. The van der Waals surface area contributed by atoms with Crippen LogP contribution in [0.1, 0.15) is 12.6 Å². The van der Waals surface area contributed by atoms with Crippen LogP contribution in [0.15, 0.2) is 21.9 Å². The largest absolute Gasteiger partial charge is 1.00 e. The Morgan fingerprint density at radius 3 is 2.37 bits per heavy atom. The van der Waals surface area contributed by atoms with Crippen molar-refractivity contribution in [2.24, 2.45) is 0 Å². The van der Waals surface area contributed by atoms with Crippen LogP contribution in [-0.4, -0.2) is 33.5 Å². The summed E-state index contributed by atoms with van der Waals surface area (Å²) in [4.78, 5) is 56.2. The van der Waals surface area contributed by atoms with Crippen LogP contribution in [0.4, 0.5) is 0 Å². The van der Waals surface area contributed by atoms with Crippen LogP contribution in [-0.2, 0) is 22.7 Å². The molecule has 0 aromatic carbocycles. The van der Waals surface area contributed by atoms with Crippen molar-refractivity contribution < 1.29 is 131 Å². The van der Waals surface area contributed by atoms with Crippen molar-refractivity contribution >= 4 is 15.6 Å². The summed E-state index contributed by atoms with van der Waals surface area (Å²) in [5.74, 6) is 0. The molecule has 0 amide bonds. The maximum atomic E-state index is 11.6. The molecule has 1 aromatic heterocycles. The number of nitrogens with one attached hydrogen (secondary N) is 1. The number of H-pyrrole nitrogens is 1. The standard InChI is InChI=1S/C9H14N2O11P2.3Na/c12-5-3-8(11-2-1-7(13)10-9(11)14)21-6(5)4-20-24(18,19)22-23(15,16)17;;;/h1-2,5-6,8,12H,3-4H2,(H,18,19)(H,10,13,14)(H2,15,16,17);;;/q;3*+1/p-3/t5-,6+,8+;;;/m0.../s1. The second kappa shape index (κ2) is 12.7. The number of aromatic amines is 1. The van der Waals surface area contributed by atoms with Gasteiger partial charge in [-0.1, -0.05) is 0 Å². The molecule has 2 heterocycles. The third-order valence-electron chi connectivity index (χ3n) is 2.96. The topological polar surface area (TPSA) is 206 Å². The van der Waals surface area contributed by atoms with Crippen LogP contribution in [0, 0.1) is 0 Å². The van der Waals surface area contributed by atoms with E-state index in [-0.39, 0.29) is 95.1 Å².